The number of carboxylic acids is 1. The van der Waals surface area contributed by atoms with Gasteiger partial charge in [-0.3, -0.25) is 20.0 Å². The van der Waals surface area contributed by atoms with E-state index in [4.69, 9.17) is 5.11 Å². The van der Waals surface area contributed by atoms with Crippen LogP contribution in [0.4, 0.5) is 0 Å². The first-order valence-electron chi connectivity index (χ1n) is 5.34. The molecule has 0 saturated carbocycles. The van der Waals surface area contributed by atoms with Crippen LogP contribution in [0.2, 0.25) is 0 Å². The summed E-state index contributed by atoms with van der Waals surface area (Å²) in [5.74, 6) is -3.08. The molecule has 1 fully saturated rings. The third-order valence-electron chi connectivity index (χ3n) is 2.61. The van der Waals surface area contributed by atoms with Crippen molar-refractivity contribution in [1.29, 1.82) is 0 Å². The fraction of sp³-hybridized carbons (Fsp3) is 0.333. The number of hydrogen-bond donors (Lipinski definition) is 3. The first kappa shape index (κ1) is 14.1. The lowest BCUT2D eigenvalue weighted by molar-refractivity contribution is -0.134. The highest BCUT2D eigenvalue weighted by molar-refractivity contribution is 7.89. The molecule has 0 aliphatic carbocycles. The summed E-state index contributed by atoms with van der Waals surface area (Å²) in [6, 6.07) is 0. The Morgan fingerprint density at radius 2 is 1.85 bits per heavy atom. The van der Waals surface area contributed by atoms with Crippen molar-refractivity contribution in [2.45, 2.75) is 11.8 Å². The topological polar surface area (TPSA) is 150 Å². The summed E-state index contributed by atoms with van der Waals surface area (Å²) in [4.78, 5) is 32.9. The zero-order valence-electron chi connectivity index (χ0n) is 10.2. The molecule has 0 bridgehead atoms. The molecule has 0 atom stereocenters. The average Bonchev–Trinajstić information content (AvgIpc) is 2.70. The van der Waals surface area contributed by atoms with Crippen molar-refractivity contribution in [2.75, 3.05) is 13.1 Å². The number of amides is 2. The molecule has 2 rings (SSSR count). The van der Waals surface area contributed by atoms with Gasteiger partial charge in [-0.25, -0.2) is 13.2 Å². The summed E-state index contributed by atoms with van der Waals surface area (Å²) in [5.41, 5.74) is -0.665. The largest absolute Gasteiger partial charge is 0.476 e. The van der Waals surface area contributed by atoms with E-state index < -0.39 is 51.5 Å². The first-order valence-corrected chi connectivity index (χ1v) is 6.78. The minimum absolute atomic E-state index is 0.0147. The van der Waals surface area contributed by atoms with Gasteiger partial charge in [0.25, 0.3) is 0 Å². The van der Waals surface area contributed by atoms with Crippen molar-refractivity contribution in [2.24, 2.45) is 0 Å². The van der Waals surface area contributed by atoms with Crippen LogP contribution in [0.3, 0.4) is 0 Å². The molecular weight excluding hydrogens is 292 g/mol. The Labute approximate surface area is 112 Å². The Balaban J connectivity index is 2.50. The molecule has 1 aromatic heterocycles. The quantitative estimate of drug-likeness (QED) is 0.550. The molecule has 1 aliphatic heterocycles. The minimum atomic E-state index is -4.31. The van der Waals surface area contributed by atoms with E-state index in [1.165, 1.54) is 6.92 Å². The number of rotatable bonds is 3. The maximum absolute atomic E-state index is 12.4. The van der Waals surface area contributed by atoms with Gasteiger partial charge in [0, 0.05) is 0 Å². The van der Waals surface area contributed by atoms with Crippen LogP contribution in [0.25, 0.3) is 0 Å². The van der Waals surface area contributed by atoms with E-state index in [-0.39, 0.29) is 5.69 Å². The van der Waals surface area contributed by atoms with Crippen LogP contribution in [-0.4, -0.2) is 58.9 Å². The zero-order valence-corrected chi connectivity index (χ0v) is 11.0. The number of nitrogens with one attached hydrogen (secondary N) is 2. The van der Waals surface area contributed by atoms with Gasteiger partial charge in [-0.05, 0) is 6.92 Å². The standard InChI is InChI=1S/C9H10N4O6S/c1-4-8(7(9(16)17)12-11-4)20(18,19)13-2-5(14)10-6(15)3-13/h2-3H2,1H3,(H,11,12)(H,16,17)(H,10,14,15). The summed E-state index contributed by atoms with van der Waals surface area (Å²) in [7, 11) is -4.31. The number of H-pyrrole nitrogens is 1. The van der Waals surface area contributed by atoms with Crippen molar-refractivity contribution in [1.82, 2.24) is 19.8 Å². The number of hydrogen-bond acceptors (Lipinski definition) is 6. The lowest BCUT2D eigenvalue weighted by Crippen LogP contribution is -2.53. The summed E-state index contributed by atoms with van der Waals surface area (Å²) in [6.45, 7) is 0.216. The number of aryl methyl sites for hydroxylation is 1. The number of sulfonamides is 1. The molecule has 2 heterocycles. The smallest absolute Gasteiger partial charge is 0.357 e. The number of imide groups is 1. The zero-order chi connectivity index (χ0) is 15.1. The number of piperazine rings is 1. The van der Waals surface area contributed by atoms with Crippen LogP contribution in [0.1, 0.15) is 16.2 Å². The maximum atomic E-state index is 12.4. The first-order chi connectivity index (χ1) is 9.23. The molecule has 11 heteroatoms. The summed E-state index contributed by atoms with van der Waals surface area (Å²) >= 11 is 0. The second-order valence-corrected chi connectivity index (χ2v) is 5.95. The molecule has 0 radical (unpaired) electrons. The Morgan fingerprint density at radius 1 is 1.30 bits per heavy atom. The van der Waals surface area contributed by atoms with Gasteiger partial charge in [0.15, 0.2) is 5.69 Å². The average molecular weight is 302 g/mol. The van der Waals surface area contributed by atoms with Gasteiger partial charge in [-0.1, -0.05) is 0 Å². The van der Waals surface area contributed by atoms with Crippen LogP contribution in [0.15, 0.2) is 4.90 Å². The lowest BCUT2D eigenvalue weighted by atomic mass is 10.4. The number of aromatic nitrogens is 2. The Hall–Kier alpha value is -2.27. The van der Waals surface area contributed by atoms with Gasteiger partial charge < -0.3 is 5.11 Å². The Kier molecular flexibility index (Phi) is 3.31. The van der Waals surface area contributed by atoms with E-state index in [1.807, 2.05) is 5.32 Å². The van der Waals surface area contributed by atoms with Gasteiger partial charge in [0.2, 0.25) is 21.8 Å². The fourth-order valence-corrected chi connectivity index (χ4v) is 3.43. The van der Waals surface area contributed by atoms with Crippen molar-refractivity contribution < 1.29 is 27.9 Å². The maximum Gasteiger partial charge on any atom is 0.357 e. The predicted molar refractivity (Wildman–Crippen MR) is 62.2 cm³/mol. The summed E-state index contributed by atoms with van der Waals surface area (Å²) in [5, 5.41) is 16.6. The van der Waals surface area contributed by atoms with Crippen LogP contribution in [-0.2, 0) is 19.6 Å². The number of carbonyl (C=O) groups excluding carboxylic acids is 2. The van der Waals surface area contributed by atoms with E-state index in [0.717, 1.165) is 0 Å². The molecule has 0 spiro atoms. The van der Waals surface area contributed by atoms with Crippen molar-refractivity contribution in [3.63, 3.8) is 0 Å². The molecule has 1 aromatic rings. The molecule has 1 aliphatic rings. The summed E-state index contributed by atoms with van der Waals surface area (Å²) in [6.07, 6.45) is 0. The van der Waals surface area contributed by atoms with E-state index in [0.29, 0.717) is 4.31 Å². The molecule has 10 nitrogen and oxygen atoms in total. The van der Waals surface area contributed by atoms with E-state index >= 15 is 0 Å². The van der Waals surface area contributed by atoms with Crippen LogP contribution in [0, 0.1) is 6.92 Å². The SMILES string of the molecule is Cc1[nH]nc(C(=O)O)c1S(=O)(=O)N1CC(=O)NC(=O)C1. The van der Waals surface area contributed by atoms with E-state index in [2.05, 4.69) is 10.2 Å². The Bertz CT molecular complexity index is 690. The highest BCUT2D eigenvalue weighted by Crippen LogP contribution is 2.22. The predicted octanol–water partition coefficient (Wildman–Crippen LogP) is -1.94. The number of aromatic carboxylic acids is 1. The van der Waals surface area contributed by atoms with Gasteiger partial charge >= 0.3 is 5.97 Å². The fourth-order valence-electron chi connectivity index (χ4n) is 1.79. The van der Waals surface area contributed by atoms with E-state index in [1.54, 1.807) is 0 Å². The molecule has 3 N–H and O–H groups in total. The monoisotopic (exact) mass is 302 g/mol. The van der Waals surface area contributed by atoms with Crippen LogP contribution in [0.5, 0.6) is 0 Å². The van der Waals surface area contributed by atoms with Gasteiger partial charge in [-0.2, -0.15) is 9.40 Å². The number of carbonyl (C=O) groups is 3. The highest BCUT2D eigenvalue weighted by Gasteiger charge is 2.37. The minimum Gasteiger partial charge on any atom is -0.476 e. The number of aromatic amines is 1. The molecule has 108 valence electrons. The molecule has 20 heavy (non-hydrogen) atoms. The number of nitrogens with zero attached hydrogens (tertiary/aromatic N) is 2. The highest BCUT2D eigenvalue weighted by atomic mass is 32.2. The molecule has 0 unspecified atom stereocenters. The van der Waals surface area contributed by atoms with Crippen molar-refractivity contribution in [3.8, 4) is 0 Å². The molecular formula is C9H10N4O6S. The number of carboxylic acid groups (broad SMARTS) is 1. The molecule has 1 saturated heterocycles. The normalized spacial score (nSPS) is 17.1. The van der Waals surface area contributed by atoms with E-state index in [9.17, 15) is 22.8 Å². The van der Waals surface area contributed by atoms with Crippen molar-refractivity contribution >= 4 is 27.8 Å². The van der Waals surface area contributed by atoms with Crippen LogP contribution < -0.4 is 5.32 Å². The lowest BCUT2D eigenvalue weighted by Gasteiger charge is -2.24. The van der Waals surface area contributed by atoms with Gasteiger partial charge in [-0.15, -0.1) is 0 Å². The molecule has 0 aromatic carbocycles. The second kappa shape index (κ2) is 4.68. The molecule has 2 amide bonds. The third-order valence-corrected chi connectivity index (χ3v) is 4.56. The van der Waals surface area contributed by atoms with Gasteiger partial charge in [0.05, 0.1) is 18.8 Å². The van der Waals surface area contributed by atoms with Crippen molar-refractivity contribution in [3.05, 3.63) is 11.4 Å². The van der Waals surface area contributed by atoms with Crippen LogP contribution >= 0.6 is 0 Å². The second-order valence-electron chi connectivity index (χ2n) is 4.08. The third kappa shape index (κ3) is 2.28. The Morgan fingerprint density at radius 3 is 2.35 bits per heavy atom. The summed E-state index contributed by atoms with van der Waals surface area (Å²) < 4.78 is 25.3. The van der Waals surface area contributed by atoms with Gasteiger partial charge in [0.1, 0.15) is 4.90 Å².